The minimum atomic E-state index is -2.59. The number of nitrogens with zero attached hydrogens (tertiary/aromatic N) is 4. The molecular weight excluding hydrogens is 500 g/mol. The fourth-order valence-corrected chi connectivity index (χ4v) is 5.08. The first-order chi connectivity index (χ1) is 17.8. The van der Waals surface area contributed by atoms with Crippen molar-refractivity contribution in [2.45, 2.75) is 38.3 Å². The molecule has 0 spiro atoms. The topological polar surface area (TPSA) is 60.9 Å². The molecule has 1 aromatic carbocycles. The molecule has 2 aliphatic rings. The SMILES string of the molecule is COCCN1CCc2c(cccc2NCC(=O)N(CCN2CCC(F)(F)CC2)Cc2ncccc2Cl)C1. The van der Waals surface area contributed by atoms with Crippen molar-refractivity contribution in [2.24, 2.45) is 0 Å². The minimum absolute atomic E-state index is 0.0841. The van der Waals surface area contributed by atoms with Gasteiger partial charge in [0.25, 0.3) is 5.92 Å². The number of hydrogen-bond acceptors (Lipinski definition) is 6. The number of nitrogens with one attached hydrogen (secondary N) is 1. The number of amides is 1. The van der Waals surface area contributed by atoms with E-state index in [-0.39, 0.29) is 31.8 Å². The highest BCUT2D eigenvalue weighted by molar-refractivity contribution is 6.31. The maximum atomic E-state index is 13.6. The van der Waals surface area contributed by atoms with Gasteiger partial charge in [0.2, 0.25) is 5.91 Å². The van der Waals surface area contributed by atoms with Crippen LogP contribution in [0.25, 0.3) is 0 Å². The van der Waals surface area contributed by atoms with Crippen molar-refractivity contribution < 1.29 is 18.3 Å². The van der Waals surface area contributed by atoms with E-state index in [1.807, 2.05) is 17.0 Å². The smallest absolute Gasteiger partial charge is 0.250 e. The van der Waals surface area contributed by atoms with E-state index in [0.29, 0.717) is 43.5 Å². The molecule has 10 heteroatoms. The number of hydrogen-bond donors (Lipinski definition) is 1. The van der Waals surface area contributed by atoms with Gasteiger partial charge in [0.1, 0.15) is 0 Å². The largest absolute Gasteiger partial charge is 0.383 e. The predicted molar refractivity (Wildman–Crippen MR) is 141 cm³/mol. The van der Waals surface area contributed by atoms with Gasteiger partial charge >= 0.3 is 0 Å². The average molecular weight is 536 g/mol. The van der Waals surface area contributed by atoms with Crippen LogP contribution in [0.2, 0.25) is 5.02 Å². The molecular formula is C27H36ClF2N5O2. The van der Waals surface area contributed by atoms with Gasteiger partial charge in [0, 0.05) is 77.6 Å². The highest BCUT2D eigenvalue weighted by Crippen LogP contribution is 2.28. The molecule has 7 nitrogen and oxygen atoms in total. The lowest BCUT2D eigenvalue weighted by molar-refractivity contribution is -0.130. The number of alkyl halides is 2. The zero-order chi connectivity index (χ0) is 26.3. The molecule has 0 atom stereocenters. The third-order valence-electron chi connectivity index (χ3n) is 7.19. The number of ether oxygens (including phenoxy) is 1. The Morgan fingerprint density at radius 1 is 1.16 bits per heavy atom. The van der Waals surface area contributed by atoms with E-state index >= 15 is 0 Å². The second-order valence-corrected chi connectivity index (χ2v) is 10.2. The lowest BCUT2D eigenvalue weighted by Crippen LogP contribution is -2.45. The molecule has 0 radical (unpaired) electrons. The number of methoxy groups -OCH3 is 1. The molecule has 0 aliphatic carbocycles. The summed E-state index contributed by atoms with van der Waals surface area (Å²) in [5.74, 6) is -2.67. The van der Waals surface area contributed by atoms with Crippen LogP contribution in [-0.4, -0.2) is 91.0 Å². The minimum Gasteiger partial charge on any atom is -0.383 e. The Bertz CT molecular complexity index is 1050. The number of carbonyl (C=O) groups excluding carboxylic acids is 1. The van der Waals surface area contributed by atoms with Crippen LogP contribution in [0, 0.1) is 0 Å². The summed E-state index contributed by atoms with van der Waals surface area (Å²) in [5, 5.41) is 3.86. The van der Waals surface area contributed by atoms with Crippen molar-refractivity contribution in [1.82, 2.24) is 19.7 Å². The Morgan fingerprint density at radius 3 is 2.73 bits per heavy atom. The zero-order valence-corrected chi connectivity index (χ0v) is 22.2. The number of aromatic nitrogens is 1. The Kier molecular flexibility index (Phi) is 9.70. The van der Waals surface area contributed by atoms with Crippen molar-refractivity contribution in [3.05, 3.63) is 58.4 Å². The van der Waals surface area contributed by atoms with E-state index in [9.17, 15) is 13.6 Å². The lowest BCUT2D eigenvalue weighted by Gasteiger charge is -2.33. The molecule has 1 aromatic heterocycles. The molecule has 37 heavy (non-hydrogen) atoms. The van der Waals surface area contributed by atoms with E-state index in [0.717, 1.165) is 31.7 Å². The van der Waals surface area contributed by atoms with E-state index in [2.05, 4.69) is 21.3 Å². The summed E-state index contributed by atoms with van der Waals surface area (Å²) < 4.78 is 32.3. The summed E-state index contributed by atoms with van der Waals surface area (Å²) in [6.45, 7) is 5.42. The predicted octanol–water partition coefficient (Wildman–Crippen LogP) is 3.91. The van der Waals surface area contributed by atoms with Crippen LogP contribution >= 0.6 is 11.6 Å². The van der Waals surface area contributed by atoms with Gasteiger partial charge in [-0.25, -0.2) is 8.78 Å². The number of likely N-dealkylation sites (tertiary alicyclic amines) is 1. The lowest BCUT2D eigenvalue weighted by atomic mass is 9.97. The number of fused-ring (bicyclic) bond motifs is 1. The molecule has 4 rings (SSSR count). The normalized spacial score (nSPS) is 17.8. The molecule has 202 valence electrons. The van der Waals surface area contributed by atoms with Gasteiger partial charge in [-0.2, -0.15) is 0 Å². The van der Waals surface area contributed by atoms with Gasteiger partial charge in [0.15, 0.2) is 0 Å². The molecule has 0 saturated carbocycles. The van der Waals surface area contributed by atoms with Crippen molar-refractivity contribution in [3.8, 4) is 0 Å². The van der Waals surface area contributed by atoms with Crippen LogP contribution in [0.3, 0.4) is 0 Å². The van der Waals surface area contributed by atoms with Gasteiger partial charge in [-0.3, -0.25) is 14.7 Å². The van der Waals surface area contributed by atoms with E-state index in [4.69, 9.17) is 16.3 Å². The number of piperidine rings is 1. The fraction of sp³-hybridized carbons (Fsp3) is 0.556. The van der Waals surface area contributed by atoms with Crippen molar-refractivity contribution >= 4 is 23.2 Å². The van der Waals surface area contributed by atoms with Crippen LogP contribution < -0.4 is 5.32 Å². The van der Waals surface area contributed by atoms with E-state index < -0.39 is 5.92 Å². The van der Waals surface area contributed by atoms with Crippen molar-refractivity contribution in [2.75, 3.05) is 64.8 Å². The summed E-state index contributed by atoms with van der Waals surface area (Å²) in [6, 6.07) is 9.68. The second kappa shape index (κ2) is 13.0. The highest BCUT2D eigenvalue weighted by atomic mass is 35.5. The van der Waals surface area contributed by atoms with Crippen LogP contribution in [0.1, 0.15) is 29.7 Å². The van der Waals surface area contributed by atoms with Gasteiger partial charge in [-0.1, -0.05) is 23.7 Å². The van der Waals surface area contributed by atoms with E-state index in [1.54, 1.807) is 30.3 Å². The molecule has 1 saturated heterocycles. The Hall–Kier alpha value is -2.33. The number of benzene rings is 1. The Balaban J connectivity index is 1.39. The molecule has 3 heterocycles. The Labute approximate surface area is 222 Å². The van der Waals surface area contributed by atoms with Gasteiger partial charge in [0.05, 0.1) is 30.4 Å². The first kappa shape index (κ1) is 27.7. The monoisotopic (exact) mass is 535 g/mol. The third-order valence-corrected chi connectivity index (χ3v) is 7.53. The molecule has 2 aromatic rings. The van der Waals surface area contributed by atoms with Gasteiger partial charge in [-0.15, -0.1) is 0 Å². The highest BCUT2D eigenvalue weighted by Gasteiger charge is 2.34. The molecule has 0 bridgehead atoms. The van der Waals surface area contributed by atoms with Gasteiger partial charge in [-0.05, 0) is 35.7 Å². The number of pyridine rings is 1. The number of halogens is 3. The molecule has 2 aliphatic heterocycles. The Morgan fingerprint density at radius 2 is 1.97 bits per heavy atom. The van der Waals surface area contributed by atoms with Crippen LogP contribution in [0.15, 0.2) is 36.5 Å². The zero-order valence-electron chi connectivity index (χ0n) is 21.4. The molecule has 0 unspecified atom stereocenters. The molecule has 1 amide bonds. The first-order valence-electron chi connectivity index (χ1n) is 12.9. The van der Waals surface area contributed by atoms with Gasteiger partial charge < -0.3 is 19.9 Å². The van der Waals surface area contributed by atoms with Crippen molar-refractivity contribution in [1.29, 1.82) is 0 Å². The fourth-order valence-electron chi connectivity index (χ4n) is 4.90. The maximum absolute atomic E-state index is 13.6. The number of carbonyl (C=O) groups is 1. The summed E-state index contributed by atoms with van der Waals surface area (Å²) >= 11 is 6.33. The van der Waals surface area contributed by atoms with Crippen molar-refractivity contribution in [3.63, 3.8) is 0 Å². The third kappa shape index (κ3) is 7.83. The molecule has 1 N–H and O–H groups in total. The summed E-state index contributed by atoms with van der Waals surface area (Å²) in [7, 11) is 1.72. The standard InChI is InChI=1S/C27H36ClF2N5O2/c1-37-17-16-34-11-7-22-21(19-34)4-2-6-24(22)32-18-26(36)35(20-25-23(28)5-3-10-31-25)15-14-33-12-8-27(29,30)9-13-33/h2-6,10,32H,7-9,11-20H2,1H3. The number of anilines is 1. The van der Waals surface area contributed by atoms with Crippen LogP contribution in [0.5, 0.6) is 0 Å². The van der Waals surface area contributed by atoms with E-state index in [1.165, 1.54) is 11.1 Å². The van der Waals surface area contributed by atoms with Crippen LogP contribution in [-0.2, 0) is 29.0 Å². The molecule has 1 fully saturated rings. The summed E-state index contributed by atoms with van der Waals surface area (Å²) in [5.41, 5.74) is 4.11. The summed E-state index contributed by atoms with van der Waals surface area (Å²) in [6.07, 6.45) is 2.28. The second-order valence-electron chi connectivity index (χ2n) is 9.76. The summed E-state index contributed by atoms with van der Waals surface area (Å²) in [4.78, 5) is 23.8. The number of rotatable bonds is 11. The average Bonchev–Trinajstić information content (AvgIpc) is 2.90. The van der Waals surface area contributed by atoms with Crippen LogP contribution in [0.4, 0.5) is 14.5 Å². The first-order valence-corrected chi connectivity index (χ1v) is 13.3. The quantitative estimate of drug-likeness (QED) is 0.471. The maximum Gasteiger partial charge on any atom is 0.250 e.